The van der Waals surface area contributed by atoms with Gasteiger partial charge in [-0.15, -0.1) is 0 Å². The van der Waals surface area contributed by atoms with E-state index < -0.39 is 6.03 Å². The summed E-state index contributed by atoms with van der Waals surface area (Å²) >= 11 is 0. The van der Waals surface area contributed by atoms with Crippen molar-refractivity contribution in [2.24, 2.45) is 0 Å². The number of benzene rings is 1. The average Bonchev–Trinajstić information content (AvgIpc) is 2.54. The van der Waals surface area contributed by atoms with Crippen LogP contribution >= 0.6 is 0 Å². The normalized spacial score (nSPS) is 9.83. The Morgan fingerprint density at radius 3 is 2.65 bits per heavy atom. The van der Waals surface area contributed by atoms with Gasteiger partial charge in [-0.1, -0.05) is 6.07 Å². The van der Waals surface area contributed by atoms with Crippen LogP contribution in [0.2, 0.25) is 0 Å². The molecule has 3 amide bonds. The Labute approximate surface area is 134 Å². The van der Waals surface area contributed by atoms with Crippen LogP contribution in [0.5, 0.6) is 5.75 Å². The summed E-state index contributed by atoms with van der Waals surface area (Å²) < 4.78 is 5.20. The average molecular weight is 314 g/mol. The van der Waals surface area contributed by atoms with Crippen LogP contribution in [0.15, 0.2) is 42.6 Å². The fourth-order valence-electron chi connectivity index (χ4n) is 1.93. The van der Waals surface area contributed by atoms with Gasteiger partial charge in [-0.05, 0) is 30.3 Å². The molecule has 0 radical (unpaired) electrons. The molecule has 2 aromatic rings. The standard InChI is InChI=1S/C16H18N4O3/c1-11(21)19-12-6-7-15(23-2)14(9-12)20-16(22)18-10-13-5-3-4-8-17-13/h3-9H,10H2,1-2H3,(H,19,21)(H2,18,20,22). The Morgan fingerprint density at radius 2 is 2.00 bits per heavy atom. The highest BCUT2D eigenvalue weighted by Gasteiger charge is 2.09. The molecule has 0 aliphatic carbocycles. The lowest BCUT2D eigenvalue weighted by Crippen LogP contribution is -2.28. The molecule has 7 nitrogen and oxygen atoms in total. The third-order valence-corrected chi connectivity index (χ3v) is 2.92. The lowest BCUT2D eigenvalue weighted by Gasteiger charge is -2.13. The Morgan fingerprint density at radius 1 is 1.17 bits per heavy atom. The van der Waals surface area contributed by atoms with Gasteiger partial charge < -0.3 is 20.7 Å². The largest absolute Gasteiger partial charge is 0.495 e. The van der Waals surface area contributed by atoms with Gasteiger partial charge in [0, 0.05) is 18.8 Å². The van der Waals surface area contributed by atoms with Crippen LogP contribution in [-0.2, 0) is 11.3 Å². The highest BCUT2D eigenvalue weighted by molar-refractivity contribution is 5.94. The number of aromatic nitrogens is 1. The minimum atomic E-state index is -0.395. The fourth-order valence-corrected chi connectivity index (χ4v) is 1.93. The van der Waals surface area contributed by atoms with Gasteiger partial charge in [0.15, 0.2) is 0 Å². The van der Waals surface area contributed by atoms with Gasteiger partial charge in [-0.2, -0.15) is 0 Å². The zero-order valence-electron chi connectivity index (χ0n) is 12.9. The van der Waals surface area contributed by atoms with Gasteiger partial charge in [-0.25, -0.2) is 4.79 Å². The SMILES string of the molecule is COc1ccc(NC(C)=O)cc1NC(=O)NCc1ccccn1. The molecule has 23 heavy (non-hydrogen) atoms. The van der Waals surface area contributed by atoms with Crippen molar-refractivity contribution < 1.29 is 14.3 Å². The van der Waals surface area contributed by atoms with Crippen LogP contribution < -0.4 is 20.7 Å². The number of rotatable bonds is 5. The van der Waals surface area contributed by atoms with Crippen molar-refractivity contribution >= 4 is 23.3 Å². The molecule has 0 spiro atoms. The number of hydrogen-bond acceptors (Lipinski definition) is 4. The summed E-state index contributed by atoms with van der Waals surface area (Å²) in [6, 6.07) is 10.1. The molecule has 120 valence electrons. The van der Waals surface area contributed by atoms with E-state index in [9.17, 15) is 9.59 Å². The lowest BCUT2D eigenvalue weighted by atomic mass is 10.2. The first kappa shape index (κ1) is 16.3. The third kappa shape index (κ3) is 4.99. The summed E-state index contributed by atoms with van der Waals surface area (Å²) in [4.78, 5) is 27.2. The number of nitrogens with zero attached hydrogens (tertiary/aromatic N) is 1. The van der Waals surface area contributed by atoms with Crippen molar-refractivity contribution in [1.82, 2.24) is 10.3 Å². The Balaban J connectivity index is 2.02. The third-order valence-electron chi connectivity index (χ3n) is 2.92. The highest BCUT2D eigenvalue weighted by Crippen LogP contribution is 2.27. The van der Waals surface area contributed by atoms with Crippen molar-refractivity contribution in [3.63, 3.8) is 0 Å². The fraction of sp³-hybridized carbons (Fsp3) is 0.188. The molecule has 0 saturated heterocycles. The molecule has 0 atom stereocenters. The van der Waals surface area contributed by atoms with Crippen LogP contribution in [-0.4, -0.2) is 24.0 Å². The van der Waals surface area contributed by atoms with E-state index in [1.165, 1.54) is 14.0 Å². The summed E-state index contributed by atoms with van der Waals surface area (Å²) in [7, 11) is 1.50. The molecule has 2 rings (SSSR count). The van der Waals surface area contributed by atoms with E-state index in [1.54, 1.807) is 24.4 Å². The first-order valence-corrected chi connectivity index (χ1v) is 6.99. The van der Waals surface area contributed by atoms with Gasteiger partial charge in [-0.3, -0.25) is 9.78 Å². The second kappa shape index (κ2) is 7.79. The molecule has 1 aromatic carbocycles. The molecule has 0 fully saturated rings. The van der Waals surface area contributed by atoms with Crippen LogP contribution in [0.4, 0.5) is 16.2 Å². The van der Waals surface area contributed by atoms with Gasteiger partial charge in [0.2, 0.25) is 5.91 Å². The number of carbonyl (C=O) groups excluding carboxylic acids is 2. The molecule has 0 bridgehead atoms. The summed E-state index contributed by atoms with van der Waals surface area (Å²) in [6.45, 7) is 1.72. The number of urea groups is 1. The van der Waals surface area contributed by atoms with E-state index in [0.29, 0.717) is 23.7 Å². The van der Waals surface area contributed by atoms with E-state index in [1.807, 2.05) is 18.2 Å². The van der Waals surface area contributed by atoms with Crippen LogP contribution in [0.1, 0.15) is 12.6 Å². The minimum absolute atomic E-state index is 0.194. The molecule has 3 N–H and O–H groups in total. The molecule has 0 saturated carbocycles. The van der Waals surface area contributed by atoms with Crippen molar-refractivity contribution in [2.75, 3.05) is 17.7 Å². The number of methoxy groups -OCH3 is 1. The molecule has 1 heterocycles. The van der Waals surface area contributed by atoms with Crippen LogP contribution in [0.3, 0.4) is 0 Å². The zero-order chi connectivity index (χ0) is 16.7. The highest BCUT2D eigenvalue weighted by atomic mass is 16.5. The lowest BCUT2D eigenvalue weighted by molar-refractivity contribution is -0.114. The molecule has 0 aliphatic rings. The Hall–Kier alpha value is -3.09. The Kier molecular flexibility index (Phi) is 5.51. The number of hydrogen-bond donors (Lipinski definition) is 3. The van der Waals surface area contributed by atoms with Crippen LogP contribution in [0, 0.1) is 0 Å². The molecule has 1 aromatic heterocycles. The van der Waals surface area contributed by atoms with Crippen molar-refractivity contribution in [3.8, 4) is 5.75 Å². The van der Waals surface area contributed by atoms with Gasteiger partial charge in [0.1, 0.15) is 5.75 Å². The number of pyridine rings is 1. The maximum Gasteiger partial charge on any atom is 0.319 e. The zero-order valence-corrected chi connectivity index (χ0v) is 12.9. The van der Waals surface area contributed by atoms with Gasteiger partial charge >= 0.3 is 6.03 Å². The molecular weight excluding hydrogens is 296 g/mol. The first-order valence-electron chi connectivity index (χ1n) is 6.99. The summed E-state index contributed by atoms with van der Waals surface area (Å²) in [5.74, 6) is 0.299. The second-order valence-electron chi connectivity index (χ2n) is 4.73. The summed E-state index contributed by atoms with van der Waals surface area (Å²) in [6.07, 6.45) is 1.66. The predicted molar refractivity (Wildman–Crippen MR) is 87.4 cm³/mol. The molecule has 7 heteroatoms. The predicted octanol–water partition coefficient (Wildman–Crippen LogP) is 2.37. The molecular formula is C16H18N4O3. The maximum absolute atomic E-state index is 12.0. The van der Waals surface area contributed by atoms with E-state index >= 15 is 0 Å². The number of amides is 3. The van der Waals surface area contributed by atoms with E-state index in [4.69, 9.17) is 4.74 Å². The molecule has 0 aliphatic heterocycles. The number of carbonyl (C=O) groups is 2. The number of ether oxygens (including phenoxy) is 1. The van der Waals surface area contributed by atoms with E-state index in [0.717, 1.165) is 5.69 Å². The number of nitrogens with one attached hydrogen (secondary N) is 3. The van der Waals surface area contributed by atoms with E-state index in [2.05, 4.69) is 20.9 Å². The Bertz CT molecular complexity index is 689. The summed E-state index contributed by atoms with van der Waals surface area (Å²) in [5, 5.41) is 8.05. The van der Waals surface area contributed by atoms with Crippen LogP contribution in [0.25, 0.3) is 0 Å². The summed E-state index contributed by atoms with van der Waals surface area (Å²) in [5.41, 5.74) is 1.78. The van der Waals surface area contributed by atoms with Gasteiger partial charge in [0.25, 0.3) is 0 Å². The first-order chi connectivity index (χ1) is 11.1. The van der Waals surface area contributed by atoms with Crippen molar-refractivity contribution in [2.45, 2.75) is 13.5 Å². The number of anilines is 2. The smallest absolute Gasteiger partial charge is 0.319 e. The second-order valence-corrected chi connectivity index (χ2v) is 4.73. The van der Waals surface area contributed by atoms with Crippen molar-refractivity contribution in [3.05, 3.63) is 48.3 Å². The monoisotopic (exact) mass is 314 g/mol. The van der Waals surface area contributed by atoms with E-state index in [-0.39, 0.29) is 5.91 Å². The minimum Gasteiger partial charge on any atom is -0.495 e. The quantitative estimate of drug-likeness (QED) is 0.790. The topological polar surface area (TPSA) is 92.4 Å². The molecule has 0 unspecified atom stereocenters. The van der Waals surface area contributed by atoms with Crippen molar-refractivity contribution in [1.29, 1.82) is 0 Å². The van der Waals surface area contributed by atoms with Gasteiger partial charge in [0.05, 0.1) is 25.0 Å². The maximum atomic E-state index is 12.0.